The number of aromatic nitrogens is 4. The summed E-state index contributed by atoms with van der Waals surface area (Å²) in [6, 6.07) is 31.7. The van der Waals surface area contributed by atoms with Crippen LogP contribution in [0.25, 0.3) is 44.4 Å². The van der Waals surface area contributed by atoms with Crippen LogP contribution in [0, 0.1) is 24.9 Å². The molecule has 7 heteroatoms. The predicted octanol–water partition coefficient (Wildman–Crippen LogP) is 8.99. The van der Waals surface area contributed by atoms with Crippen LogP contribution < -0.4 is 4.74 Å². The molecule has 0 amide bonds. The molecule has 0 radical (unpaired) electrons. The summed E-state index contributed by atoms with van der Waals surface area (Å²) in [7, 11) is 0. The van der Waals surface area contributed by atoms with E-state index in [1.807, 2.05) is 70.0 Å². The molecule has 0 spiro atoms. The Bertz CT molecular complexity index is 2110. The minimum absolute atomic E-state index is 0. The third kappa shape index (κ3) is 5.35. The van der Waals surface area contributed by atoms with E-state index >= 15 is 0 Å². The van der Waals surface area contributed by atoms with Crippen LogP contribution in [0.4, 0.5) is 4.39 Å². The van der Waals surface area contributed by atoms with Gasteiger partial charge in [-0.25, -0.2) is 9.37 Å². The molecule has 0 saturated heterocycles. The van der Waals surface area contributed by atoms with Crippen molar-refractivity contribution in [3.8, 4) is 34.1 Å². The van der Waals surface area contributed by atoms with Gasteiger partial charge in [-0.3, -0.25) is 4.68 Å². The predicted molar refractivity (Wildman–Crippen MR) is 169 cm³/mol. The first-order valence-corrected chi connectivity index (χ1v) is 14.5. The third-order valence-corrected chi connectivity index (χ3v) is 7.79. The van der Waals surface area contributed by atoms with Gasteiger partial charge in [-0.15, -0.1) is 35.7 Å². The summed E-state index contributed by atoms with van der Waals surface area (Å²) in [6.45, 7) is 6.54. The van der Waals surface area contributed by atoms with Crippen molar-refractivity contribution in [2.75, 3.05) is 0 Å². The largest absolute Gasteiger partial charge is 2.00 e. The van der Waals surface area contributed by atoms with Crippen molar-refractivity contribution in [2.45, 2.75) is 33.6 Å². The molecule has 5 nitrogen and oxygen atoms in total. The fraction of sp³-hybridized carbons (Fsp3) is 0.135. The number of halogens is 1. The van der Waals surface area contributed by atoms with Crippen molar-refractivity contribution in [2.24, 2.45) is 0 Å². The molecular formula is C37H29FN4OPt. The molecule has 3 aromatic heterocycles. The number of aryl methyl sites for hydroxylation is 3. The van der Waals surface area contributed by atoms with Crippen LogP contribution in [-0.4, -0.2) is 19.3 Å². The molecule has 220 valence electrons. The average molecular weight is 760 g/mol. The zero-order valence-corrected chi connectivity index (χ0v) is 26.8. The molecule has 0 fully saturated rings. The Morgan fingerprint density at radius 3 is 2.39 bits per heavy atom. The Balaban J connectivity index is 0.00000343. The van der Waals surface area contributed by atoms with Crippen molar-refractivity contribution in [3.05, 3.63) is 132 Å². The topological polar surface area (TPSA) is 44.9 Å². The van der Waals surface area contributed by atoms with Crippen LogP contribution in [-0.2, 0) is 33.9 Å². The van der Waals surface area contributed by atoms with Crippen molar-refractivity contribution in [3.63, 3.8) is 0 Å². The van der Waals surface area contributed by atoms with Crippen molar-refractivity contribution < 1.29 is 30.2 Å². The van der Waals surface area contributed by atoms with Crippen LogP contribution in [0.1, 0.15) is 30.5 Å². The number of rotatable bonds is 7. The number of fused-ring (bicyclic) bond motifs is 3. The number of para-hydroxylation sites is 1. The summed E-state index contributed by atoms with van der Waals surface area (Å²) in [5, 5.41) is 6.69. The summed E-state index contributed by atoms with van der Waals surface area (Å²) in [5.74, 6) is 1.18. The first-order valence-electron chi connectivity index (χ1n) is 14.5. The average Bonchev–Trinajstić information content (AvgIpc) is 3.64. The van der Waals surface area contributed by atoms with Crippen LogP contribution >= 0.6 is 0 Å². The number of benzene rings is 4. The zero-order chi connectivity index (χ0) is 29.5. The molecule has 44 heavy (non-hydrogen) atoms. The van der Waals surface area contributed by atoms with E-state index in [1.54, 1.807) is 0 Å². The summed E-state index contributed by atoms with van der Waals surface area (Å²) in [5.41, 5.74) is 8.73. The Morgan fingerprint density at radius 2 is 1.61 bits per heavy atom. The van der Waals surface area contributed by atoms with Crippen LogP contribution in [0.5, 0.6) is 11.5 Å². The van der Waals surface area contributed by atoms with Gasteiger partial charge >= 0.3 is 21.1 Å². The summed E-state index contributed by atoms with van der Waals surface area (Å²) in [6.07, 6.45) is 7.36. The minimum atomic E-state index is -0.351. The van der Waals surface area contributed by atoms with Crippen molar-refractivity contribution >= 4 is 21.8 Å². The van der Waals surface area contributed by atoms with E-state index in [9.17, 15) is 4.39 Å². The second-order valence-electron chi connectivity index (χ2n) is 10.6. The Hall–Kier alpha value is -4.54. The Labute approximate surface area is 270 Å². The standard InChI is InChI=1S/C37H29FN4O.Pt/c1-4-25-17-24(3)18-26(5-2)37(25)27-22-40-41(23-27)29-9-8-10-30(20-29)43-31-13-14-33-32-11-6-7-12-34(32)42(35(33)21-31)36-19-28(38)15-16-39-36;/h6-19,22-23H,4-5H2,1-3H3;/q-2;+2. The second kappa shape index (κ2) is 12.2. The van der Waals surface area contributed by atoms with Crippen LogP contribution in [0.15, 0.2) is 97.5 Å². The van der Waals surface area contributed by atoms with Crippen LogP contribution in [0.2, 0.25) is 0 Å². The zero-order valence-electron chi connectivity index (χ0n) is 24.5. The minimum Gasteiger partial charge on any atom is -0.509 e. The maximum Gasteiger partial charge on any atom is 2.00 e. The smallest absolute Gasteiger partial charge is 0.509 e. The van der Waals surface area contributed by atoms with Gasteiger partial charge in [0.2, 0.25) is 0 Å². The maximum absolute atomic E-state index is 14.2. The van der Waals surface area contributed by atoms with Gasteiger partial charge in [0.1, 0.15) is 11.6 Å². The van der Waals surface area contributed by atoms with E-state index in [1.165, 1.54) is 40.6 Å². The number of hydrogen-bond acceptors (Lipinski definition) is 3. The monoisotopic (exact) mass is 759 g/mol. The Kier molecular flexibility index (Phi) is 8.20. The summed E-state index contributed by atoms with van der Waals surface area (Å²) in [4.78, 5) is 4.44. The molecule has 3 heterocycles. The Morgan fingerprint density at radius 1 is 0.841 bits per heavy atom. The molecule has 0 unspecified atom stereocenters. The van der Waals surface area contributed by atoms with Gasteiger partial charge < -0.3 is 9.30 Å². The van der Waals surface area contributed by atoms with E-state index in [-0.39, 0.29) is 26.9 Å². The van der Waals surface area contributed by atoms with Crippen molar-refractivity contribution in [1.29, 1.82) is 0 Å². The van der Waals surface area contributed by atoms with Gasteiger partial charge in [0.25, 0.3) is 0 Å². The van der Waals surface area contributed by atoms with E-state index in [4.69, 9.17) is 4.74 Å². The van der Waals surface area contributed by atoms with Gasteiger partial charge in [-0.05, 0) is 59.7 Å². The molecule has 0 N–H and O–H groups in total. The van der Waals surface area contributed by atoms with E-state index in [0.29, 0.717) is 17.3 Å². The van der Waals surface area contributed by atoms with Gasteiger partial charge in [0.15, 0.2) is 0 Å². The van der Waals surface area contributed by atoms with E-state index in [2.05, 4.69) is 61.3 Å². The maximum atomic E-state index is 14.2. The third-order valence-electron chi connectivity index (χ3n) is 7.79. The van der Waals surface area contributed by atoms with Gasteiger partial charge in [0.05, 0.1) is 6.20 Å². The molecule has 0 aliphatic heterocycles. The normalized spacial score (nSPS) is 11.2. The van der Waals surface area contributed by atoms with Gasteiger partial charge in [-0.2, -0.15) is 17.2 Å². The van der Waals surface area contributed by atoms with Gasteiger partial charge in [0, 0.05) is 41.0 Å². The molecule has 0 aliphatic rings. The SMILES string of the molecule is CCc1cc(C)cc(CC)c1-c1cnn(-c2[c-]c(Oc3[c-]c4c(cc3)c3ccccc3n4-c3cc(F)ccn3)ccc2)c1.[Pt+2]. The molecule has 7 aromatic rings. The fourth-order valence-electron chi connectivity index (χ4n) is 5.89. The molecule has 4 aromatic carbocycles. The van der Waals surface area contributed by atoms with E-state index in [0.717, 1.165) is 45.9 Å². The number of ether oxygens (including phenoxy) is 1. The molecule has 0 bridgehead atoms. The first-order chi connectivity index (χ1) is 21.0. The fourth-order valence-corrected chi connectivity index (χ4v) is 5.89. The molecule has 0 aliphatic carbocycles. The van der Waals surface area contributed by atoms with Crippen molar-refractivity contribution in [1.82, 2.24) is 19.3 Å². The van der Waals surface area contributed by atoms with E-state index < -0.39 is 0 Å². The van der Waals surface area contributed by atoms with Crippen LogP contribution in [0.3, 0.4) is 0 Å². The molecule has 0 saturated carbocycles. The molecule has 0 atom stereocenters. The summed E-state index contributed by atoms with van der Waals surface area (Å²) < 4.78 is 24.2. The number of hydrogen-bond donors (Lipinski definition) is 0. The molecule has 7 rings (SSSR count). The quantitative estimate of drug-likeness (QED) is 0.153. The summed E-state index contributed by atoms with van der Waals surface area (Å²) >= 11 is 0. The van der Waals surface area contributed by atoms with Gasteiger partial charge in [-0.1, -0.05) is 55.3 Å². The second-order valence-corrected chi connectivity index (χ2v) is 10.6. The molecular weight excluding hydrogens is 731 g/mol. The number of nitrogens with zero attached hydrogens (tertiary/aromatic N) is 4. The first kappa shape index (κ1) is 29.5. The number of pyridine rings is 1.